The molecule has 0 aliphatic rings. The van der Waals surface area contributed by atoms with Crippen molar-refractivity contribution in [2.24, 2.45) is 5.92 Å². The zero-order chi connectivity index (χ0) is 8.85. The molecule has 0 saturated carbocycles. The molecule has 0 rings (SSSR count). The molecular weight excluding hydrogens is 140 g/mol. The van der Waals surface area contributed by atoms with Crippen LogP contribution in [0.5, 0.6) is 0 Å². The van der Waals surface area contributed by atoms with E-state index in [0.29, 0.717) is 5.92 Å². The molecule has 2 atom stereocenters. The molecule has 0 bridgehead atoms. The Hall–Kier alpha value is -0.340. The highest BCUT2D eigenvalue weighted by Gasteiger charge is 2.15. The highest BCUT2D eigenvalue weighted by atomic mass is 16.5. The van der Waals surface area contributed by atoms with Crippen LogP contribution in [0.1, 0.15) is 20.3 Å². The molecule has 2 nitrogen and oxygen atoms in total. The fraction of sp³-hybridized carbons (Fsp3) is 0.778. The Morgan fingerprint density at radius 2 is 2.09 bits per heavy atom. The van der Waals surface area contributed by atoms with Crippen molar-refractivity contribution >= 4 is 0 Å². The number of aliphatic hydroxyl groups is 1. The van der Waals surface area contributed by atoms with Gasteiger partial charge >= 0.3 is 0 Å². The monoisotopic (exact) mass is 158 g/mol. The summed E-state index contributed by atoms with van der Waals surface area (Å²) in [4.78, 5) is 0. The van der Waals surface area contributed by atoms with Gasteiger partial charge in [-0.15, -0.1) is 6.58 Å². The lowest BCUT2D eigenvalue weighted by atomic mass is 10.0. The second-order valence-corrected chi connectivity index (χ2v) is 3.13. The van der Waals surface area contributed by atoms with Gasteiger partial charge in [0.15, 0.2) is 0 Å². The first-order valence-electron chi connectivity index (χ1n) is 3.95. The number of hydrogen-bond donors (Lipinski definition) is 1. The predicted molar refractivity (Wildman–Crippen MR) is 46.5 cm³/mol. The molecule has 0 aliphatic carbocycles. The Morgan fingerprint density at radius 1 is 1.55 bits per heavy atom. The van der Waals surface area contributed by atoms with Gasteiger partial charge in [-0.2, -0.15) is 0 Å². The molecule has 0 radical (unpaired) electrons. The Balaban J connectivity index is 3.78. The summed E-state index contributed by atoms with van der Waals surface area (Å²) in [5, 5.41) is 9.48. The summed E-state index contributed by atoms with van der Waals surface area (Å²) in [5.41, 5.74) is 0. The Kier molecular flexibility index (Phi) is 5.16. The molecule has 0 fully saturated rings. The molecule has 2 heteroatoms. The van der Waals surface area contributed by atoms with Crippen molar-refractivity contribution in [3.05, 3.63) is 12.7 Å². The molecule has 0 saturated heterocycles. The van der Waals surface area contributed by atoms with E-state index in [-0.39, 0.29) is 6.10 Å². The third-order valence-electron chi connectivity index (χ3n) is 1.60. The van der Waals surface area contributed by atoms with Gasteiger partial charge in [0.1, 0.15) is 6.10 Å². The molecule has 0 aromatic heterocycles. The average molecular weight is 158 g/mol. The predicted octanol–water partition coefficient (Wildman–Crippen LogP) is 1.59. The van der Waals surface area contributed by atoms with Crippen LogP contribution in [0.2, 0.25) is 0 Å². The minimum atomic E-state index is -0.419. The van der Waals surface area contributed by atoms with Gasteiger partial charge in [-0.05, 0) is 12.3 Å². The normalized spacial score (nSPS) is 16.5. The largest absolute Gasteiger partial charge is 0.390 e. The molecule has 66 valence electrons. The van der Waals surface area contributed by atoms with Crippen LogP contribution in [0.3, 0.4) is 0 Å². The second kappa shape index (κ2) is 5.33. The van der Waals surface area contributed by atoms with Crippen LogP contribution in [0.15, 0.2) is 12.7 Å². The van der Waals surface area contributed by atoms with Gasteiger partial charge in [0.05, 0.1) is 6.10 Å². The van der Waals surface area contributed by atoms with Gasteiger partial charge < -0.3 is 9.84 Å². The standard InChI is InChI=1S/C9H18O2/c1-5-9(11-4)8(10)6-7(2)3/h5,7-10H,1,6H2,2-4H3/t8-,9+/m0/s1. The third kappa shape index (κ3) is 4.17. The molecule has 0 aromatic rings. The van der Waals surface area contributed by atoms with Crippen molar-refractivity contribution in [1.29, 1.82) is 0 Å². The van der Waals surface area contributed by atoms with E-state index in [2.05, 4.69) is 20.4 Å². The fourth-order valence-corrected chi connectivity index (χ4v) is 1.03. The van der Waals surface area contributed by atoms with Crippen LogP contribution >= 0.6 is 0 Å². The van der Waals surface area contributed by atoms with Gasteiger partial charge in [0.25, 0.3) is 0 Å². The lowest BCUT2D eigenvalue weighted by molar-refractivity contribution is 0.00666. The van der Waals surface area contributed by atoms with E-state index in [9.17, 15) is 5.11 Å². The first-order valence-corrected chi connectivity index (χ1v) is 3.95. The van der Waals surface area contributed by atoms with Crippen molar-refractivity contribution in [2.75, 3.05) is 7.11 Å². The number of hydrogen-bond acceptors (Lipinski definition) is 2. The minimum absolute atomic E-state index is 0.225. The van der Waals surface area contributed by atoms with E-state index >= 15 is 0 Å². The molecular formula is C9H18O2. The summed E-state index contributed by atoms with van der Waals surface area (Å²) in [6, 6.07) is 0. The molecule has 0 unspecified atom stereocenters. The zero-order valence-electron chi connectivity index (χ0n) is 7.58. The third-order valence-corrected chi connectivity index (χ3v) is 1.60. The summed E-state index contributed by atoms with van der Waals surface area (Å²) >= 11 is 0. The summed E-state index contributed by atoms with van der Waals surface area (Å²) in [6.07, 6.45) is 1.74. The Bertz CT molecular complexity index is 110. The van der Waals surface area contributed by atoms with Crippen LogP contribution < -0.4 is 0 Å². The maximum atomic E-state index is 9.48. The van der Waals surface area contributed by atoms with E-state index in [1.54, 1.807) is 13.2 Å². The summed E-state index contributed by atoms with van der Waals surface area (Å²) in [7, 11) is 1.58. The van der Waals surface area contributed by atoms with E-state index in [0.717, 1.165) is 6.42 Å². The second-order valence-electron chi connectivity index (χ2n) is 3.13. The van der Waals surface area contributed by atoms with Crippen molar-refractivity contribution in [2.45, 2.75) is 32.5 Å². The molecule has 0 amide bonds. The van der Waals surface area contributed by atoms with Gasteiger partial charge in [-0.25, -0.2) is 0 Å². The zero-order valence-corrected chi connectivity index (χ0v) is 7.58. The van der Waals surface area contributed by atoms with Crippen molar-refractivity contribution in [3.63, 3.8) is 0 Å². The smallest absolute Gasteiger partial charge is 0.101 e. The lowest BCUT2D eigenvalue weighted by Gasteiger charge is -2.19. The molecule has 0 heterocycles. The Morgan fingerprint density at radius 3 is 2.36 bits per heavy atom. The number of methoxy groups -OCH3 is 1. The maximum Gasteiger partial charge on any atom is 0.101 e. The summed E-state index contributed by atoms with van der Waals surface area (Å²) in [5.74, 6) is 0.489. The van der Waals surface area contributed by atoms with Gasteiger partial charge in [0, 0.05) is 7.11 Å². The van der Waals surface area contributed by atoms with Crippen molar-refractivity contribution in [3.8, 4) is 0 Å². The summed E-state index contributed by atoms with van der Waals surface area (Å²) < 4.78 is 4.99. The number of aliphatic hydroxyl groups excluding tert-OH is 1. The topological polar surface area (TPSA) is 29.5 Å². The first-order chi connectivity index (χ1) is 5.11. The van der Waals surface area contributed by atoms with Gasteiger partial charge in [0.2, 0.25) is 0 Å². The SMILES string of the molecule is C=C[C@@H](OC)[C@@H](O)CC(C)C. The fourth-order valence-electron chi connectivity index (χ4n) is 1.03. The highest BCUT2D eigenvalue weighted by molar-refractivity contribution is 4.85. The first kappa shape index (κ1) is 10.7. The Labute approximate surface area is 68.9 Å². The van der Waals surface area contributed by atoms with Crippen molar-refractivity contribution in [1.82, 2.24) is 0 Å². The number of ether oxygens (including phenoxy) is 1. The molecule has 0 aliphatic heterocycles. The summed E-state index contributed by atoms with van der Waals surface area (Å²) in [6.45, 7) is 7.71. The van der Waals surface area contributed by atoms with E-state index in [1.807, 2.05) is 0 Å². The van der Waals surface area contributed by atoms with Crippen molar-refractivity contribution < 1.29 is 9.84 Å². The van der Waals surface area contributed by atoms with Crippen LogP contribution in [0.4, 0.5) is 0 Å². The van der Waals surface area contributed by atoms with Gasteiger partial charge in [-0.3, -0.25) is 0 Å². The van der Waals surface area contributed by atoms with Crippen LogP contribution in [-0.4, -0.2) is 24.4 Å². The highest BCUT2D eigenvalue weighted by Crippen LogP contribution is 2.10. The van der Waals surface area contributed by atoms with E-state index in [1.165, 1.54) is 0 Å². The lowest BCUT2D eigenvalue weighted by Crippen LogP contribution is -2.27. The minimum Gasteiger partial charge on any atom is -0.390 e. The molecule has 1 N–H and O–H groups in total. The molecule has 0 spiro atoms. The molecule has 11 heavy (non-hydrogen) atoms. The van der Waals surface area contributed by atoms with Crippen LogP contribution in [0.25, 0.3) is 0 Å². The quantitative estimate of drug-likeness (QED) is 0.616. The molecule has 0 aromatic carbocycles. The number of rotatable bonds is 5. The average Bonchev–Trinajstić information content (AvgIpc) is 1.88. The van der Waals surface area contributed by atoms with E-state index < -0.39 is 6.10 Å². The van der Waals surface area contributed by atoms with Gasteiger partial charge in [-0.1, -0.05) is 19.9 Å². The van der Waals surface area contributed by atoms with Crippen LogP contribution in [-0.2, 0) is 4.74 Å². The van der Waals surface area contributed by atoms with Crippen LogP contribution in [0, 0.1) is 5.92 Å². The maximum absolute atomic E-state index is 9.48. The van der Waals surface area contributed by atoms with E-state index in [4.69, 9.17) is 4.74 Å².